The maximum atomic E-state index is 6.04. The Balaban J connectivity index is 1.58. The summed E-state index contributed by atoms with van der Waals surface area (Å²) in [6.45, 7) is 8.45. The number of nitrogens with zero attached hydrogens (tertiary/aromatic N) is 2. The number of pyridine rings is 1. The Bertz CT molecular complexity index is 894. The summed E-state index contributed by atoms with van der Waals surface area (Å²) >= 11 is 0. The van der Waals surface area contributed by atoms with Crippen LogP contribution in [-0.2, 0) is 6.42 Å². The van der Waals surface area contributed by atoms with Crippen LogP contribution in [0.25, 0.3) is 22.2 Å². The fourth-order valence-electron chi connectivity index (χ4n) is 3.93. The molecular weight excluding hydrogens is 322 g/mol. The lowest BCUT2D eigenvalue weighted by Crippen LogP contribution is -2.25. The quantitative estimate of drug-likeness (QED) is 0.708. The van der Waals surface area contributed by atoms with Crippen LogP contribution in [0.15, 0.2) is 36.5 Å². The predicted molar refractivity (Wildman–Crippen MR) is 107 cm³/mol. The first-order chi connectivity index (χ1) is 12.7. The number of aromatic nitrogens is 2. The molecule has 1 fully saturated rings. The first kappa shape index (κ1) is 17.1. The molecule has 1 saturated heterocycles. The van der Waals surface area contributed by atoms with E-state index in [9.17, 15) is 0 Å². The van der Waals surface area contributed by atoms with E-state index in [1.807, 2.05) is 13.1 Å². The van der Waals surface area contributed by atoms with Crippen LogP contribution in [-0.4, -0.2) is 41.1 Å². The molecule has 1 aliphatic heterocycles. The van der Waals surface area contributed by atoms with Crippen LogP contribution in [0, 0.1) is 6.92 Å². The molecule has 0 aliphatic carbocycles. The minimum absolute atomic E-state index is 0.758. The second-order valence-corrected chi connectivity index (χ2v) is 7.12. The number of H-pyrrole nitrogens is 1. The van der Waals surface area contributed by atoms with Crippen LogP contribution in [0.5, 0.6) is 5.75 Å². The zero-order valence-electron chi connectivity index (χ0n) is 15.7. The van der Waals surface area contributed by atoms with E-state index in [-0.39, 0.29) is 0 Å². The topological polar surface area (TPSA) is 41.1 Å². The highest BCUT2D eigenvalue weighted by molar-refractivity contribution is 5.91. The number of fused-ring (bicyclic) bond motifs is 1. The summed E-state index contributed by atoms with van der Waals surface area (Å²) in [5.41, 5.74) is 5.94. The molecule has 0 saturated carbocycles. The third kappa shape index (κ3) is 3.47. The zero-order chi connectivity index (χ0) is 17.9. The molecule has 4 nitrogen and oxygen atoms in total. The number of rotatable bonds is 6. The summed E-state index contributed by atoms with van der Waals surface area (Å²) in [6, 6.07) is 10.6. The normalized spacial score (nSPS) is 15.0. The monoisotopic (exact) mass is 349 g/mol. The Morgan fingerprint density at radius 1 is 1.15 bits per heavy atom. The lowest BCUT2D eigenvalue weighted by molar-refractivity contribution is 0.238. The van der Waals surface area contributed by atoms with Gasteiger partial charge in [-0.05, 0) is 75.2 Å². The van der Waals surface area contributed by atoms with Crippen molar-refractivity contribution in [2.75, 3.05) is 26.2 Å². The van der Waals surface area contributed by atoms with Gasteiger partial charge >= 0.3 is 0 Å². The average Bonchev–Trinajstić information content (AvgIpc) is 3.28. The molecule has 136 valence electrons. The van der Waals surface area contributed by atoms with Gasteiger partial charge in [-0.15, -0.1) is 0 Å². The van der Waals surface area contributed by atoms with Gasteiger partial charge in [0.15, 0.2) is 0 Å². The Morgan fingerprint density at radius 2 is 2.00 bits per heavy atom. The summed E-state index contributed by atoms with van der Waals surface area (Å²) in [5.74, 6) is 0.961. The fourth-order valence-corrected chi connectivity index (χ4v) is 3.93. The summed E-state index contributed by atoms with van der Waals surface area (Å²) in [4.78, 5) is 10.4. The molecule has 4 heteroatoms. The number of ether oxygens (including phenoxy) is 1. The van der Waals surface area contributed by atoms with Crippen molar-refractivity contribution in [3.8, 4) is 17.0 Å². The van der Waals surface area contributed by atoms with Gasteiger partial charge in [0.2, 0.25) is 0 Å². The van der Waals surface area contributed by atoms with Crippen molar-refractivity contribution in [1.82, 2.24) is 14.9 Å². The van der Waals surface area contributed by atoms with Crippen LogP contribution in [0.4, 0.5) is 0 Å². The lowest BCUT2D eigenvalue weighted by atomic mass is 10.0. The first-order valence-electron chi connectivity index (χ1n) is 9.67. The van der Waals surface area contributed by atoms with Crippen LogP contribution in [0.3, 0.4) is 0 Å². The van der Waals surface area contributed by atoms with Gasteiger partial charge in [0.05, 0.1) is 0 Å². The zero-order valence-corrected chi connectivity index (χ0v) is 15.7. The van der Waals surface area contributed by atoms with E-state index < -0.39 is 0 Å². The molecular formula is C22H27N3O. The summed E-state index contributed by atoms with van der Waals surface area (Å²) in [6.07, 6.45) is 5.51. The number of nitrogens with one attached hydrogen (secondary N) is 1. The molecule has 2 aromatic heterocycles. The molecule has 0 unspecified atom stereocenters. The molecule has 0 spiro atoms. The largest absolute Gasteiger partial charge is 0.492 e. The minimum Gasteiger partial charge on any atom is -0.492 e. The van der Waals surface area contributed by atoms with Crippen molar-refractivity contribution < 1.29 is 4.74 Å². The molecule has 26 heavy (non-hydrogen) atoms. The Kier molecular flexibility index (Phi) is 4.93. The third-order valence-corrected chi connectivity index (χ3v) is 5.29. The molecule has 3 aromatic rings. The third-order valence-electron chi connectivity index (χ3n) is 5.29. The predicted octanol–water partition coefficient (Wildman–Crippen LogP) is 4.58. The van der Waals surface area contributed by atoms with Crippen molar-refractivity contribution >= 4 is 10.9 Å². The first-order valence-corrected chi connectivity index (χ1v) is 9.67. The maximum absolute atomic E-state index is 6.04. The number of hydrogen-bond acceptors (Lipinski definition) is 3. The highest BCUT2D eigenvalue weighted by atomic mass is 16.5. The van der Waals surface area contributed by atoms with Gasteiger partial charge in [0.25, 0.3) is 0 Å². The van der Waals surface area contributed by atoms with Crippen molar-refractivity contribution in [1.29, 1.82) is 0 Å². The van der Waals surface area contributed by atoms with Crippen LogP contribution in [0.1, 0.15) is 31.0 Å². The van der Waals surface area contributed by atoms with Crippen molar-refractivity contribution in [2.24, 2.45) is 0 Å². The highest BCUT2D eigenvalue weighted by Crippen LogP contribution is 2.33. The number of aryl methyl sites for hydroxylation is 2. The number of hydrogen-bond donors (Lipinski definition) is 1. The second kappa shape index (κ2) is 7.50. The van der Waals surface area contributed by atoms with E-state index in [1.54, 1.807) is 0 Å². The van der Waals surface area contributed by atoms with Gasteiger partial charge in [0, 0.05) is 40.6 Å². The molecule has 1 aliphatic rings. The van der Waals surface area contributed by atoms with E-state index in [0.29, 0.717) is 0 Å². The Hall–Kier alpha value is -2.33. The molecule has 0 bridgehead atoms. The van der Waals surface area contributed by atoms with Crippen molar-refractivity contribution in [3.63, 3.8) is 0 Å². The van der Waals surface area contributed by atoms with Gasteiger partial charge in [-0.2, -0.15) is 0 Å². The molecule has 3 heterocycles. The Labute approximate surface area is 155 Å². The Morgan fingerprint density at radius 3 is 2.77 bits per heavy atom. The second-order valence-electron chi connectivity index (χ2n) is 7.12. The molecule has 0 radical (unpaired) electrons. The van der Waals surface area contributed by atoms with Gasteiger partial charge in [-0.1, -0.05) is 6.92 Å². The van der Waals surface area contributed by atoms with Gasteiger partial charge < -0.3 is 9.72 Å². The molecule has 1 aromatic carbocycles. The fraction of sp³-hybridized carbons (Fsp3) is 0.409. The van der Waals surface area contributed by atoms with Gasteiger partial charge in [0.1, 0.15) is 12.4 Å². The average molecular weight is 349 g/mol. The highest BCUT2D eigenvalue weighted by Gasteiger charge is 2.14. The van der Waals surface area contributed by atoms with Crippen LogP contribution >= 0.6 is 0 Å². The smallest absolute Gasteiger partial charge is 0.120 e. The number of benzene rings is 1. The van der Waals surface area contributed by atoms with E-state index in [2.05, 4.69) is 52.1 Å². The van der Waals surface area contributed by atoms with Gasteiger partial charge in [-0.25, -0.2) is 0 Å². The summed E-state index contributed by atoms with van der Waals surface area (Å²) < 4.78 is 6.04. The number of aromatic amines is 1. The van der Waals surface area contributed by atoms with E-state index >= 15 is 0 Å². The van der Waals surface area contributed by atoms with Crippen molar-refractivity contribution in [3.05, 3.63) is 47.8 Å². The van der Waals surface area contributed by atoms with E-state index in [0.717, 1.165) is 31.0 Å². The summed E-state index contributed by atoms with van der Waals surface area (Å²) in [7, 11) is 0. The summed E-state index contributed by atoms with van der Waals surface area (Å²) in [5, 5.41) is 1.26. The molecule has 0 atom stereocenters. The van der Waals surface area contributed by atoms with Crippen LogP contribution < -0.4 is 4.74 Å². The van der Waals surface area contributed by atoms with E-state index in [1.165, 1.54) is 53.7 Å². The molecule has 1 N–H and O–H groups in total. The van der Waals surface area contributed by atoms with Gasteiger partial charge in [-0.3, -0.25) is 9.88 Å². The maximum Gasteiger partial charge on any atom is 0.120 e. The van der Waals surface area contributed by atoms with Crippen LogP contribution in [0.2, 0.25) is 0 Å². The molecule has 0 amide bonds. The van der Waals surface area contributed by atoms with Crippen molar-refractivity contribution in [2.45, 2.75) is 33.1 Å². The minimum atomic E-state index is 0.758. The molecule has 4 rings (SSSR count). The van der Waals surface area contributed by atoms with E-state index in [4.69, 9.17) is 4.74 Å². The number of likely N-dealkylation sites (tertiary alicyclic amines) is 1. The standard InChI is InChI=1S/C22H27N3O/c1-3-19-20-15-18(26-13-12-25-10-4-5-11-25)6-7-21(20)24-22(19)17-8-9-23-16(2)14-17/h6-9,14-15,24H,3-5,10-13H2,1-2H3. The SMILES string of the molecule is CCc1c(-c2ccnc(C)c2)[nH]c2ccc(OCCN3CCCC3)cc12. The lowest BCUT2D eigenvalue weighted by Gasteiger charge is -2.15.